The molecule has 0 N–H and O–H groups in total. The van der Waals surface area contributed by atoms with Crippen molar-refractivity contribution < 1.29 is 39.6 Å². The van der Waals surface area contributed by atoms with Crippen molar-refractivity contribution in [2.24, 2.45) is 7.05 Å². The molecule has 3 aromatic heterocycles. The van der Waals surface area contributed by atoms with Crippen LogP contribution in [0, 0.1) is 0 Å². The average Bonchev–Trinajstić information content (AvgIpc) is 3.43. The zero-order chi connectivity index (χ0) is 25.2. The Morgan fingerprint density at radius 2 is 1.71 bits per heavy atom. The van der Waals surface area contributed by atoms with Gasteiger partial charge in [-0.05, 0) is 6.07 Å². The lowest BCUT2D eigenvalue weighted by atomic mass is 10.1. The Hall–Kier alpha value is -3.43. The fraction of sp³-hybridized carbons (Fsp3) is 0.333. The van der Waals surface area contributed by atoms with Crippen molar-refractivity contribution in [3.05, 3.63) is 47.0 Å². The molecule has 0 saturated carbocycles. The van der Waals surface area contributed by atoms with Gasteiger partial charge in [0.1, 0.15) is 0 Å². The number of fused-ring (bicyclic) bond motifs is 1. The maximum absolute atomic E-state index is 13.0. The summed E-state index contributed by atoms with van der Waals surface area (Å²) in [7, 11) is -2.90. The van der Waals surface area contributed by atoms with E-state index < -0.39 is 55.8 Å². The van der Waals surface area contributed by atoms with Gasteiger partial charge in [0.2, 0.25) is 5.95 Å². The molecule has 0 bridgehead atoms. The summed E-state index contributed by atoms with van der Waals surface area (Å²) in [4.78, 5) is 21.5. The summed E-state index contributed by atoms with van der Waals surface area (Å²) in [5.41, 5.74) is -2.71. The highest BCUT2D eigenvalue weighted by atomic mass is 32.2. The molecule has 0 saturated heterocycles. The number of nitrogens with zero attached hydrogens (tertiary/aromatic N) is 6. The largest absolute Gasteiger partial charge is 0.419 e. The van der Waals surface area contributed by atoms with Gasteiger partial charge >= 0.3 is 12.4 Å². The molecule has 34 heavy (non-hydrogen) atoms. The van der Waals surface area contributed by atoms with Gasteiger partial charge in [-0.3, -0.25) is 14.7 Å². The number of hydrogen-bond donors (Lipinski definition) is 0. The van der Waals surface area contributed by atoms with Crippen LogP contribution in [0.2, 0.25) is 0 Å². The number of anilines is 1. The SMILES string of the molecule is CCS(=O)(=O)c1c(N2Cc3ncc(C(F)(F)F)cc3C2=O)nc(-n2cc(C(F)(F)F)cn2)n1C. The summed E-state index contributed by atoms with van der Waals surface area (Å²) in [5.74, 6) is -2.25. The molecular formula is C18H14F6N6O3S. The molecule has 3 aromatic rings. The van der Waals surface area contributed by atoms with Crippen LogP contribution < -0.4 is 4.90 Å². The zero-order valence-electron chi connectivity index (χ0n) is 17.3. The van der Waals surface area contributed by atoms with Gasteiger partial charge in [-0.1, -0.05) is 6.92 Å². The Bertz CT molecular complexity index is 1410. The average molecular weight is 508 g/mol. The topological polar surface area (TPSA) is 103 Å². The molecule has 9 nitrogen and oxygen atoms in total. The van der Waals surface area contributed by atoms with Gasteiger partial charge in [0.05, 0.1) is 40.9 Å². The number of amides is 1. The van der Waals surface area contributed by atoms with Crippen molar-refractivity contribution >= 4 is 21.6 Å². The number of aromatic nitrogens is 5. The van der Waals surface area contributed by atoms with E-state index in [9.17, 15) is 39.6 Å². The van der Waals surface area contributed by atoms with Crippen LogP contribution in [0.25, 0.3) is 5.95 Å². The molecule has 182 valence electrons. The normalized spacial score (nSPS) is 14.7. The summed E-state index contributed by atoms with van der Waals surface area (Å²) in [5, 5.41) is 3.07. The highest BCUT2D eigenvalue weighted by Crippen LogP contribution is 2.36. The van der Waals surface area contributed by atoms with Crippen molar-refractivity contribution in [1.82, 2.24) is 24.3 Å². The Labute approximate surface area is 187 Å². The minimum absolute atomic E-state index is 0.0384. The van der Waals surface area contributed by atoms with E-state index >= 15 is 0 Å². The van der Waals surface area contributed by atoms with E-state index in [1.807, 2.05) is 0 Å². The van der Waals surface area contributed by atoms with Gasteiger partial charge in [-0.15, -0.1) is 0 Å². The molecule has 16 heteroatoms. The van der Waals surface area contributed by atoms with Crippen LogP contribution in [0.4, 0.5) is 32.2 Å². The second-order valence-electron chi connectivity index (χ2n) is 7.28. The van der Waals surface area contributed by atoms with Crippen LogP contribution in [0.3, 0.4) is 0 Å². The van der Waals surface area contributed by atoms with Gasteiger partial charge in [0.15, 0.2) is 20.7 Å². The summed E-state index contributed by atoms with van der Waals surface area (Å²) in [6, 6.07) is 0.603. The molecule has 4 rings (SSSR count). The molecule has 1 amide bonds. The maximum atomic E-state index is 13.0. The van der Waals surface area contributed by atoms with Crippen molar-refractivity contribution in [1.29, 1.82) is 0 Å². The Kier molecular flexibility index (Phi) is 5.26. The van der Waals surface area contributed by atoms with Crippen molar-refractivity contribution in [2.45, 2.75) is 30.8 Å². The first-order valence-electron chi connectivity index (χ1n) is 9.45. The number of halogens is 6. The Balaban J connectivity index is 1.86. The van der Waals surface area contributed by atoms with Gasteiger partial charge in [-0.25, -0.2) is 13.1 Å². The van der Waals surface area contributed by atoms with Crippen LogP contribution in [-0.4, -0.2) is 44.4 Å². The van der Waals surface area contributed by atoms with Gasteiger partial charge in [0.25, 0.3) is 5.91 Å². The Morgan fingerprint density at radius 3 is 2.26 bits per heavy atom. The third-order valence-electron chi connectivity index (χ3n) is 5.13. The van der Waals surface area contributed by atoms with Crippen molar-refractivity contribution in [3.8, 4) is 5.95 Å². The fourth-order valence-corrected chi connectivity index (χ4v) is 4.61. The minimum atomic E-state index is -4.76. The smallest absolute Gasteiger partial charge is 0.301 e. The second kappa shape index (κ2) is 7.54. The molecular weight excluding hydrogens is 494 g/mol. The number of rotatable bonds is 4. The van der Waals surface area contributed by atoms with Gasteiger partial charge in [0, 0.05) is 19.4 Å². The fourth-order valence-electron chi connectivity index (χ4n) is 3.40. The third-order valence-corrected chi connectivity index (χ3v) is 6.93. The minimum Gasteiger partial charge on any atom is -0.301 e. The van der Waals surface area contributed by atoms with E-state index in [-0.39, 0.29) is 23.8 Å². The van der Waals surface area contributed by atoms with Crippen LogP contribution in [0.5, 0.6) is 0 Å². The number of carbonyl (C=O) groups excluding carboxylic acids is 1. The van der Waals surface area contributed by atoms with E-state index in [2.05, 4.69) is 15.1 Å². The summed E-state index contributed by atoms with van der Waals surface area (Å²) in [6.07, 6.45) is -7.83. The molecule has 0 fully saturated rings. The molecule has 0 aliphatic carbocycles. The van der Waals surface area contributed by atoms with E-state index in [4.69, 9.17) is 0 Å². The first-order chi connectivity index (χ1) is 15.6. The highest BCUT2D eigenvalue weighted by molar-refractivity contribution is 7.91. The standard InChI is InChI=1S/C18H14F6N6O3S/c1-3-34(32,33)15-13(27-16(28(15)2)30-7-10(6-26-30)18(22,23)24)29-8-12-11(14(29)31)4-9(5-25-12)17(19,20)21/h4-7H,3,8H2,1-2H3. The monoisotopic (exact) mass is 508 g/mol. The lowest BCUT2D eigenvalue weighted by molar-refractivity contribution is -0.138. The molecule has 1 aliphatic heterocycles. The third kappa shape index (κ3) is 3.80. The first kappa shape index (κ1) is 23.7. The number of hydrogen-bond acceptors (Lipinski definition) is 6. The predicted molar refractivity (Wildman–Crippen MR) is 103 cm³/mol. The molecule has 4 heterocycles. The number of pyridine rings is 1. The maximum Gasteiger partial charge on any atom is 0.419 e. The van der Waals surface area contributed by atoms with E-state index in [1.165, 1.54) is 14.0 Å². The molecule has 1 aliphatic rings. The second-order valence-corrected chi connectivity index (χ2v) is 9.48. The van der Waals surface area contributed by atoms with E-state index in [1.54, 1.807) is 0 Å². The van der Waals surface area contributed by atoms with Crippen LogP contribution in [0.15, 0.2) is 29.7 Å². The molecule has 0 radical (unpaired) electrons. The van der Waals surface area contributed by atoms with E-state index in [0.29, 0.717) is 29.3 Å². The summed E-state index contributed by atoms with van der Waals surface area (Å²) >= 11 is 0. The van der Waals surface area contributed by atoms with Crippen LogP contribution in [0.1, 0.15) is 34.1 Å². The lowest BCUT2D eigenvalue weighted by Gasteiger charge is -2.14. The van der Waals surface area contributed by atoms with E-state index in [0.717, 1.165) is 9.47 Å². The van der Waals surface area contributed by atoms with Gasteiger partial charge in [-0.2, -0.15) is 36.4 Å². The predicted octanol–water partition coefficient (Wildman–Crippen LogP) is 2.99. The van der Waals surface area contributed by atoms with Crippen molar-refractivity contribution in [3.63, 3.8) is 0 Å². The lowest BCUT2D eigenvalue weighted by Crippen LogP contribution is -2.26. The molecule has 0 spiro atoms. The number of sulfone groups is 1. The molecule has 0 atom stereocenters. The quantitative estimate of drug-likeness (QED) is 0.502. The van der Waals surface area contributed by atoms with Crippen LogP contribution in [-0.2, 0) is 35.8 Å². The number of alkyl halides is 6. The van der Waals surface area contributed by atoms with Crippen LogP contribution >= 0.6 is 0 Å². The zero-order valence-corrected chi connectivity index (χ0v) is 18.1. The van der Waals surface area contributed by atoms with Gasteiger partial charge < -0.3 is 4.57 Å². The summed E-state index contributed by atoms with van der Waals surface area (Å²) in [6.45, 7) is 0.918. The van der Waals surface area contributed by atoms with Crippen molar-refractivity contribution in [2.75, 3.05) is 10.7 Å². The number of imidazole rings is 1. The number of carbonyl (C=O) groups is 1. The Morgan fingerprint density at radius 1 is 1.06 bits per heavy atom. The highest BCUT2D eigenvalue weighted by Gasteiger charge is 2.40. The summed E-state index contributed by atoms with van der Waals surface area (Å²) < 4.78 is 105. The molecule has 0 unspecified atom stereocenters. The first-order valence-corrected chi connectivity index (χ1v) is 11.1. The molecule has 0 aromatic carbocycles.